The van der Waals surface area contributed by atoms with Crippen molar-refractivity contribution in [2.45, 2.75) is 33.8 Å². The topological polar surface area (TPSA) is 73.9 Å². The molecule has 0 atom stereocenters. The van der Waals surface area contributed by atoms with E-state index in [0.717, 1.165) is 22.4 Å². The second-order valence-corrected chi connectivity index (χ2v) is 8.13. The van der Waals surface area contributed by atoms with E-state index in [1.54, 1.807) is 49.6 Å². The molecule has 0 saturated heterocycles. The van der Waals surface area contributed by atoms with Crippen molar-refractivity contribution in [1.29, 1.82) is 0 Å². The molecule has 0 heterocycles. The molecular weight excluding hydrogens is 430 g/mol. The van der Waals surface area contributed by atoms with Crippen LogP contribution in [0.2, 0.25) is 0 Å². The molecular formula is C28H29NO5. The van der Waals surface area contributed by atoms with Crippen molar-refractivity contribution >= 4 is 23.6 Å². The minimum Gasteiger partial charge on any atom is -0.493 e. The van der Waals surface area contributed by atoms with Crippen molar-refractivity contribution in [3.63, 3.8) is 0 Å². The molecule has 0 fully saturated rings. The van der Waals surface area contributed by atoms with Crippen LogP contribution in [-0.2, 0) is 4.79 Å². The number of anilines is 1. The van der Waals surface area contributed by atoms with Crippen molar-refractivity contribution in [2.24, 2.45) is 0 Å². The number of ether oxygens (including phenoxy) is 3. The number of amides is 1. The van der Waals surface area contributed by atoms with Crippen molar-refractivity contribution in [1.82, 2.24) is 0 Å². The van der Waals surface area contributed by atoms with Crippen LogP contribution in [0.1, 0.15) is 40.9 Å². The lowest BCUT2D eigenvalue weighted by Crippen LogP contribution is -2.13. The third-order valence-electron chi connectivity index (χ3n) is 4.93. The maximum Gasteiger partial charge on any atom is 0.336 e. The van der Waals surface area contributed by atoms with Crippen LogP contribution in [0, 0.1) is 13.8 Å². The van der Waals surface area contributed by atoms with Crippen molar-refractivity contribution in [3.05, 3.63) is 89.0 Å². The number of hydrogen-bond acceptors (Lipinski definition) is 5. The summed E-state index contributed by atoms with van der Waals surface area (Å²) in [5, 5.41) is 2.90. The normalized spacial score (nSPS) is 10.9. The summed E-state index contributed by atoms with van der Waals surface area (Å²) >= 11 is 0. The molecule has 3 rings (SSSR count). The van der Waals surface area contributed by atoms with Crippen LogP contribution in [0.4, 0.5) is 5.69 Å². The van der Waals surface area contributed by atoms with Gasteiger partial charge in [-0.25, -0.2) is 4.79 Å². The molecule has 0 spiro atoms. The van der Waals surface area contributed by atoms with Gasteiger partial charge in [0.25, 0.3) is 5.91 Å². The molecule has 0 aromatic heterocycles. The van der Waals surface area contributed by atoms with E-state index in [1.807, 2.05) is 52.0 Å². The maximum absolute atomic E-state index is 12.5. The summed E-state index contributed by atoms with van der Waals surface area (Å²) in [7, 11) is 1.57. The average molecular weight is 460 g/mol. The number of hydrogen-bond donors (Lipinski definition) is 1. The highest BCUT2D eigenvalue weighted by Crippen LogP contribution is 2.29. The van der Waals surface area contributed by atoms with E-state index in [0.29, 0.717) is 22.8 Å². The maximum atomic E-state index is 12.5. The fourth-order valence-electron chi connectivity index (χ4n) is 3.28. The Morgan fingerprint density at radius 1 is 0.912 bits per heavy atom. The quantitative estimate of drug-likeness (QED) is 0.255. The highest BCUT2D eigenvalue weighted by atomic mass is 16.5. The largest absolute Gasteiger partial charge is 0.493 e. The van der Waals surface area contributed by atoms with E-state index in [9.17, 15) is 9.59 Å². The van der Waals surface area contributed by atoms with E-state index in [1.165, 1.54) is 6.08 Å². The summed E-state index contributed by atoms with van der Waals surface area (Å²) in [6.45, 7) is 7.83. The molecule has 6 nitrogen and oxygen atoms in total. The minimum atomic E-state index is -0.533. The van der Waals surface area contributed by atoms with Gasteiger partial charge in [0.15, 0.2) is 11.5 Å². The van der Waals surface area contributed by atoms with Crippen LogP contribution in [-0.4, -0.2) is 25.1 Å². The second-order valence-electron chi connectivity index (χ2n) is 8.13. The zero-order valence-corrected chi connectivity index (χ0v) is 20.0. The minimum absolute atomic E-state index is 0.0226. The van der Waals surface area contributed by atoms with Gasteiger partial charge in [-0.3, -0.25) is 4.79 Å². The smallest absolute Gasteiger partial charge is 0.336 e. The van der Waals surface area contributed by atoms with Gasteiger partial charge in [0.1, 0.15) is 5.75 Å². The number of carbonyl (C=O) groups is 2. The van der Waals surface area contributed by atoms with Crippen LogP contribution in [0.15, 0.2) is 66.7 Å². The first-order valence-corrected chi connectivity index (χ1v) is 11.0. The average Bonchev–Trinajstić information content (AvgIpc) is 2.80. The van der Waals surface area contributed by atoms with Crippen molar-refractivity contribution in [2.75, 3.05) is 12.4 Å². The number of rotatable bonds is 8. The van der Waals surface area contributed by atoms with E-state index in [2.05, 4.69) is 5.32 Å². The Bertz CT molecular complexity index is 1200. The summed E-state index contributed by atoms with van der Waals surface area (Å²) in [6, 6.07) is 17.6. The molecule has 0 saturated carbocycles. The number of carbonyl (C=O) groups excluding carboxylic acids is 2. The van der Waals surface area contributed by atoms with Gasteiger partial charge >= 0.3 is 5.97 Å². The lowest BCUT2D eigenvalue weighted by atomic mass is 10.1. The van der Waals surface area contributed by atoms with Gasteiger partial charge in [-0.15, -0.1) is 0 Å². The Hall–Kier alpha value is -4.06. The summed E-state index contributed by atoms with van der Waals surface area (Å²) < 4.78 is 16.4. The molecule has 3 aromatic rings. The SMILES string of the molecule is COc1cc(/C=C/C(=O)Oc2ccc(C(=O)Nc3ccc(C)cc3C)cc2)ccc1OC(C)C. The standard InChI is InChI=1S/C28H29NO5/c1-18(2)33-25-14-7-21(17-26(25)32-5)8-15-27(30)34-23-11-9-22(10-12-23)28(31)29-24-13-6-19(3)16-20(24)4/h6-18H,1-5H3,(H,29,31)/b15-8+. The predicted molar refractivity (Wildman–Crippen MR) is 134 cm³/mol. The van der Waals surface area contributed by atoms with Gasteiger partial charge in [0.05, 0.1) is 13.2 Å². The number of methoxy groups -OCH3 is 1. The predicted octanol–water partition coefficient (Wildman–Crippen LogP) is 5.97. The fraction of sp³-hybridized carbons (Fsp3) is 0.214. The molecule has 0 unspecified atom stereocenters. The number of benzene rings is 3. The van der Waals surface area contributed by atoms with Crippen molar-refractivity contribution < 1.29 is 23.8 Å². The second kappa shape index (κ2) is 11.2. The molecule has 0 aliphatic heterocycles. The molecule has 176 valence electrons. The van der Waals surface area contributed by atoms with Crippen LogP contribution in [0.5, 0.6) is 17.2 Å². The number of aryl methyl sites for hydroxylation is 2. The van der Waals surface area contributed by atoms with E-state index < -0.39 is 5.97 Å². The van der Waals surface area contributed by atoms with Gasteiger partial charge in [-0.05, 0) is 87.4 Å². The molecule has 1 amide bonds. The first-order chi connectivity index (χ1) is 16.2. The van der Waals surface area contributed by atoms with E-state index in [4.69, 9.17) is 14.2 Å². The third-order valence-corrected chi connectivity index (χ3v) is 4.93. The summed E-state index contributed by atoms with van der Waals surface area (Å²) in [6.07, 6.45) is 2.99. The molecule has 0 bridgehead atoms. The van der Waals surface area contributed by atoms with Crippen LogP contribution >= 0.6 is 0 Å². The lowest BCUT2D eigenvalue weighted by molar-refractivity contribution is -0.128. The highest BCUT2D eigenvalue weighted by Gasteiger charge is 2.10. The monoisotopic (exact) mass is 459 g/mol. The summed E-state index contributed by atoms with van der Waals surface area (Å²) in [5.41, 5.74) is 4.11. The van der Waals surface area contributed by atoms with Gasteiger partial charge in [0.2, 0.25) is 0 Å². The van der Waals surface area contributed by atoms with E-state index >= 15 is 0 Å². The van der Waals surface area contributed by atoms with Crippen LogP contribution in [0.25, 0.3) is 6.08 Å². The number of esters is 1. The molecule has 0 radical (unpaired) electrons. The van der Waals surface area contributed by atoms with Gasteiger partial charge in [-0.2, -0.15) is 0 Å². The third kappa shape index (κ3) is 6.72. The fourth-order valence-corrected chi connectivity index (χ4v) is 3.28. The van der Waals surface area contributed by atoms with Gasteiger partial charge < -0.3 is 19.5 Å². The van der Waals surface area contributed by atoms with Crippen LogP contribution < -0.4 is 19.5 Å². The first kappa shape index (κ1) is 24.6. The van der Waals surface area contributed by atoms with Gasteiger partial charge in [-0.1, -0.05) is 23.8 Å². The Morgan fingerprint density at radius 2 is 1.65 bits per heavy atom. The first-order valence-electron chi connectivity index (χ1n) is 11.0. The Kier molecular flexibility index (Phi) is 8.09. The zero-order valence-electron chi connectivity index (χ0n) is 20.0. The zero-order chi connectivity index (χ0) is 24.7. The van der Waals surface area contributed by atoms with E-state index in [-0.39, 0.29) is 12.0 Å². The number of nitrogens with one attached hydrogen (secondary N) is 1. The Labute approximate surface area is 200 Å². The Balaban J connectivity index is 1.60. The molecule has 6 heteroatoms. The molecule has 1 N–H and O–H groups in total. The van der Waals surface area contributed by atoms with Crippen LogP contribution in [0.3, 0.4) is 0 Å². The van der Waals surface area contributed by atoms with Gasteiger partial charge in [0, 0.05) is 17.3 Å². The Morgan fingerprint density at radius 3 is 2.29 bits per heavy atom. The molecule has 0 aliphatic rings. The summed E-state index contributed by atoms with van der Waals surface area (Å²) in [5.74, 6) is 0.798. The molecule has 3 aromatic carbocycles. The molecule has 34 heavy (non-hydrogen) atoms. The molecule has 0 aliphatic carbocycles. The summed E-state index contributed by atoms with van der Waals surface area (Å²) in [4.78, 5) is 24.8. The van der Waals surface area contributed by atoms with Crippen molar-refractivity contribution in [3.8, 4) is 17.2 Å². The lowest BCUT2D eigenvalue weighted by Gasteiger charge is -2.13. The highest BCUT2D eigenvalue weighted by molar-refractivity contribution is 6.04.